The number of benzene rings is 1. The molecule has 0 saturated carbocycles. The van der Waals surface area contributed by atoms with E-state index in [1.807, 2.05) is 49.6 Å². The molecule has 3 heterocycles. The van der Waals surface area contributed by atoms with Crippen LogP contribution in [-0.4, -0.2) is 68.0 Å². The monoisotopic (exact) mass is 379 g/mol. The molecular weight excluding hydrogens is 356 g/mol. The minimum atomic E-state index is -0.660. The number of amides is 3. The van der Waals surface area contributed by atoms with Gasteiger partial charge in [0.05, 0.1) is 12.2 Å². The molecule has 0 spiro atoms. The fraction of sp³-hybridized carbons (Fsp3) is 0.350. The Morgan fingerprint density at radius 2 is 1.82 bits per heavy atom. The number of rotatable bonds is 2. The van der Waals surface area contributed by atoms with E-state index in [0.29, 0.717) is 18.3 Å². The molecule has 28 heavy (non-hydrogen) atoms. The van der Waals surface area contributed by atoms with Gasteiger partial charge in [-0.05, 0) is 32.4 Å². The summed E-state index contributed by atoms with van der Waals surface area (Å²) in [6.07, 6.45) is 0. The van der Waals surface area contributed by atoms with E-state index < -0.39 is 6.04 Å². The van der Waals surface area contributed by atoms with Crippen LogP contribution >= 0.6 is 0 Å². The van der Waals surface area contributed by atoms with E-state index in [9.17, 15) is 9.59 Å². The molecule has 1 unspecified atom stereocenters. The summed E-state index contributed by atoms with van der Waals surface area (Å²) in [7, 11) is 3.15. The van der Waals surface area contributed by atoms with Crippen molar-refractivity contribution in [3.63, 3.8) is 0 Å². The van der Waals surface area contributed by atoms with Crippen LogP contribution < -0.4 is 0 Å². The van der Waals surface area contributed by atoms with Gasteiger partial charge in [-0.15, -0.1) is 9.78 Å². The Kier molecular flexibility index (Phi) is 4.14. The molecule has 2 aliphatic heterocycles. The minimum Gasteiger partial charge on any atom is -0.270 e. The average Bonchev–Trinajstić information content (AvgIpc) is 3.17. The van der Waals surface area contributed by atoms with Crippen molar-refractivity contribution in [1.29, 1.82) is 0 Å². The Labute approximate surface area is 163 Å². The van der Waals surface area contributed by atoms with Gasteiger partial charge in [0.15, 0.2) is 0 Å². The number of aryl methyl sites for hydroxylation is 3. The number of carbonyl (C=O) groups excluding carboxylic acids is 2. The summed E-state index contributed by atoms with van der Waals surface area (Å²) in [5, 5.41) is 4.55. The molecule has 8 heteroatoms. The van der Waals surface area contributed by atoms with Crippen LogP contribution in [0.2, 0.25) is 0 Å². The van der Waals surface area contributed by atoms with Crippen LogP contribution in [0.3, 0.4) is 0 Å². The SMILES string of the molecule is Cc1cccc(C[N+]2=C(n3nc(C)cc3C)N=C3C2C(=O)N(C)C(=O)N3C)c1. The van der Waals surface area contributed by atoms with E-state index >= 15 is 0 Å². The number of likely N-dealkylation sites (N-methyl/N-ethyl adjacent to an activating group) is 2. The van der Waals surface area contributed by atoms with Gasteiger partial charge in [0.2, 0.25) is 11.9 Å². The lowest BCUT2D eigenvalue weighted by Crippen LogP contribution is -2.61. The molecule has 1 saturated heterocycles. The van der Waals surface area contributed by atoms with Gasteiger partial charge in [-0.3, -0.25) is 14.6 Å². The van der Waals surface area contributed by atoms with Gasteiger partial charge >= 0.3 is 12.0 Å². The number of amidine groups is 1. The molecule has 1 aromatic heterocycles. The molecule has 1 fully saturated rings. The predicted molar refractivity (Wildman–Crippen MR) is 104 cm³/mol. The van der Waals surface area contributed by atoms with Crippen LogP contribution in [0, 0.1) is 20.8 Å². The topological polar surface area (TPSA) is 73.8 Å². The summed E-state index contributed by atoms with van der Waals surface area (Å²) >= 11 is 0. The first-order chi connectivity index (χ1) is 13.3. The number of imide groups is 1. The highest BCUT2D eigenvalue weighted by Gasteiger charge is 2.52. The lowest BCUT2D eigenvalue weighted by atomic mass is 10.1. The second-order valence-electron chi connectivity index (χ2n) is 7.37. The fourth-order valence-electron chi connectivity index (χ4n) is 3.76. The Bertz CT molecular complexity index is 1060. The number of hydrogen-bond donors (Lipinski definition) is 0. The third kappa shape index (κ3) is 2.72. The number of carbonyl (C=O) groups is 2. The zero-order chi connectivity index (χ0) is 20.2. The van der Waals surface area contributed by atoms with E-state index in [1.165, 1.54) is 11.9 Å². The minimum absolute atomic E-state index is 0.286. The number of urea groups is 1. The highest BCUT2D eigenvalue weighted by atomic mass is 16.2. The molecule has 0 N–H and O–H groups in total. The van der Waals surface area contributed by atoms with E-state index in [1.54, 1.807) is 11.7 Å². The highest BCUT2D eigenvalue weighted by molar-refractivity contribution is 6.22. The first-order valence-electron chi connectivity index (χ1n) is 9.14. The van der Waals surface area contributed by atoms with E-state index in [-0.39, 0.29) is 11.9 Å². The third-order valence-electron chi connectivity index (χ3n) is 5.14. The molecule has 2 aliphatic rings. The average molecular weight is 379 g/mol. The number of hydrogen-bond acceptors (Lipinski definition) is 4. The van der Waals surface area contributed by atoms with E-state index in [2.05, 4.69) is 16.2 Å². The molecule has 0 radical (unpaired) electrons. The number of aromatic nitrogens is 2. The maximum Gasteiger partial charge on any atom is 0.421 e. The second-order valence-corrected chi connectivity index (χ2v) is 7.37. The second kappa shape index (κ2) is 6.40. The van der Waals surface area contributed by atoms with Crippen LogP contribution in [0.4, 0.5) is 4.79 Å². The van der Waals surface area contributed by atoms with Gasteiger partial charge < -0.3 is 0 Å². The third-order valence-corrected chi connectivity index (χ3v) is 5.14. The lowest BCUT2D eigenvalue weighted by molar-refractivity contribution is -0.553. The summed E-state index contributed by atoms with van der Waals surface area (Å²) in [4.78, 5) is 32.7. The van der Waals surface area contributed by atoms with Crippen molar-refractivity contribution in [3.05, 3.63) is 52.8 Å². The Morgan fingerprint density at radius 3 is 2.46 bits per heavy atom. The van der Waals surface area contributed by atoms with Crippen molar-refractivity contribution >= 4 is 23.7 Å². The predicted octanol–water partition coefficient (Wildman–Crippen LogP) is 1.53. The maximum absolute atomic E-state index is 13.0. The molecule has 4 rings (SSSR count). The molecule has 0 aliphatic carbocycles. The standard InChI is InChI=1S/C20H23N6O2/c1-12-7-6-8-15(9-12)11-25-16-17(23(4)20(28)24(5)18(16)27)21-19(25)26-14(3)10-13(2)22-26/h6-10,16H,11H2,1-5H3/q+1. The van der Waals surface area contributed by atoms with Crippen molar-refractivity contribution in [1.82, 2.24) is 19.6 Å². The van der Waals surface area contributed by atoms with E-state index in [0.717, 1.165) is 27.4 Å². The summed E-state index contributed by atoms with van der Waals surface area (Å²) in [6, 6.07) is 9.06. The maximum atomic E-state index is 13.0. The largest absolute Gasteiger partial charge is 0.421 e. The normalized spacial score (nSPS) is 19.5. The van der Waals surface area contributed by atoms with Gasteiger partial charge in [-0.2, -0.15) is 0 Å². The van der Waals surface area contributed by atoms with Crippen LogP contribution in [-0.2, 0) is 11.3 Å². The van der Waals surface area contributed by atoms with Gasteiger partial charge in [-0.1, -0.05) is 34.8 Å². The zero-order valence-electron chi connectivity index (χ0n) is 16.7. The van der Waals surface area contributed by atoms with Crippen molar-refractivity contribution in [2.24, 2.45) is 4.99 Å². The summed E-state index contributed by atoms with van der Waals surface area (Å²) < 4.78 is 3.66. The van der Waals surface area contributed by atoms with Gasteiger partial charge in [0, 0.05) is 14.1 Å². The van der Waals surface area contributed by atoms with Crippen LogP contribution in [0.15, 0.2) is 35.3 Å². The van der Waals surface area contributed by atoms with Crippen molar-refractivity contribution in [2.75, 3.05) is 14.1 Å². The Balaban J connectivity index is 1.88. The van der Waals surface area contributed by atoms with Crippen molar-refractivity contribution in [2.45, 2.75) is 33.4 Å². The molecular formula is C20H23N6O2+. The van der Waals surface area contributed by atoms with E-state index in [4.69, 9.17) is 0 Å². The quantitative estimate of drug-likeness (QED) is 0.743. The van der Waals surface area contributed by atoms with Crippen molar-refractivity contribution < 1.29 is 14.2 Å². The summed E-state index contributed by atoms with van der Waals surface area (Å²) in [5.74, 6) is 0.699. The lowest BCUT2D eigenvalue weighted by Gasteiger charge is -2.31. The molecule has 8 nitrogen and oxygen atoms in total. The van der Waals surface area contributed by atoms with Crippen LogP contribution in [0.25, 0.3) is 0 Å². The summed E-state index contributed by atoms with van der Waals surface area (Å²) in [5.41, 5.74) is 3.98. The first-order valence-corrected chi connectivity index (χ1v) is 9.14. The van der Waals surface area contributed by atoms with Crippen molar-refractivity contribution in [3.8, 4) is 0 Å². The number of aliphatic imine (C=N–C) groups is 1. The van der Waals surface area contributed by atoms with Gasteiger partial charge in [0.25, 0.3) is 5.91 Å². The van der Waals surface area contributed by atoms with Crippen LogP contribution in [0.1, 0.15) is 22.5 Å². The Morgan fingerprint density at radius 1 is 1.07 bits per heavy atom. The molecule has 1 aromatic carbocycles. The summed E-state index contributed by atoms with van der Waals surface area (Å²) in [6.45, 7) is 6.38. The fourth-order valence-corrected chi connectivity index (χ4v) is 3.76. The molecule has 3 amide bonds. The smallest absolute Gasteiger partial charge is 0.270 e. The highest BCUT2D eigenvalue weighted by Crippen LogP contribution is 2.22. The number of fused-ring (bicyclic) bond motifs is 1. The Hall–Kier alpha value is -3.29. The molecule has 2 aromatic rings. The van der Waals surface area contributed by atoms with Crippen LogP contribution in [0.5, 0.6) is 0 Å². The first kappa shape index (κ1) is 18.1. The number of nitrogens with zero attached hydrogens (tertiary/aromatic N) is 6. The molecule has 0 bridgehead atoms. The molecule has 1 atom stereocenters. The van der Waals surface area contributed by atoms with Gasteiger partial charge in [-0.25, -0.2) is 9.37 Å². The zero-order valence-corrected chi connectivity index (χ0v) is 16.7. The van der Waals surface area contributed by atoms with Gasteiger partial charge in [0.1, 0.15) is 5.69 Å². The molecule has 144 valence electrons.